The summed E-state index contributed by atoms with van der Waals surface area (Å²) in [5.74, 6) is 0.456. The molecule has 0 saturated heterocycles. The monoisotopic (exact) mass is 405 g/mol. The second-order valence-corrected chi connectivity index (χ2v) is 8.27. The van der Waals surface area contributed by atoms with Crippen molar-refractivity contribution in [1.29, 1.82) is 0 Å². The first-order valence-electron chi connectivity index (χ1n) is 9.59. The van der Waals surface area contributed by atoms with Crippen LogP contribution in [0.1, 0.15) is 39.4 Å². The van der Waals surface area contributed by atoms with Gasteiger partial charge in [0.2, 0.25) is 5.82 Å². The van der Waals surface area contributed by atoms with Gasteiger partial charge in [-0.05, 0) is 43.8 Å². The summed E-state index contributed by atoms with van der Waals surface area (Å²) in [4.78, 5) is 25.4. The Balaban J connectivity index is 1.67. The Kier molecular flexibility index (Phi) is 5.40. The van der Waals surface area contributed by atoms with Crippen LogP contribution in [0.2, 0.25) is 0 Å². The summed E-state index contributed by atoms with van der Waals surface area (Å²) in [5.41, 5.74) is 2.83. The van der Waals surface area contributed by atoms with Gasteiger partial charge < -0.3 is 4.90 Å². The molecule has 0 radical (unpaired) electrons. The van der Waals surface area contributed by atoms with Crippen molar-refractivity contribution in [3.63, 3.8) is 0 Å². The van der Waals surface area contributed by atoms with Crippen LogP contribution in [0.15, 0.2) is 53.9 Å². The molecule has 0 spiro atoms. The van der Waals surface area contributed by atoms with Gasteiger partial charge in [0, 0.05) is 35.3 Å². The summed E-state index contributed by atoms with van der Waals surface area (Å²) in [6, 6.07) is 16.1. The molecule has 148 valence electrons. The number of hydrogen-bond acceptors (Lipinski definition) is 5. The van der Waals surface area contributed by atoms with E-state index in [1.807, 2.05) is 61.2 Å². The number of hydrogen-bond donors (Lipinski definition) is 0. The average Bonchev–Trinajstić information content (AvgIpc) is 3.36. The standard InChI is InChI=1S/C22H23N5OS/c1-15-12-17(3)27-22(23-15)24-20(25-27)21(28)26(14-18-8-5-4-6-9-18)16(2)13-19-10-7-11-29-19/h4-12,16H,13-14H2,1-3H3. The van der Waals surface area contributed by atoms with Crippen LogP contribution in [0, 0.1) is 13.8 Å². The van der Waals surface area contributed by atoms with Crippen LogP contribution in [0.3, 0.4) is 0 Å². The van der Waals surface area contributed by atoms with E-state index >= 15 is 0 Å². The van der Waals surface area contributed by atoms with Gasteiger partial charge in [-0.1, -0.05) is 36.4 Å². The summed E-state index contributed by atoms with van der Waals surface area (Å²) in [6.07, 6.45) is 0.792. The largest absolute Gasteiger partial charge is 0.328 e. The molecule has 0 fully saturated rings. The van der Waals surface area contributed by atoms with Crippen molar-refractivity contribution in [1.82, 2.24) is 24.5 Å². The maximum Gasteiger partial charge on any atom is 0.294 e. The van der Waals surface area contributed by atoms with Crippen LogP contribution in [0.25, 0.3) is 5.78 Å². The highest BCUT2D eigenvalue weighted by molar-refractivity contribution is 7.09. The van der Waals surface area contributed by atoms with E-state index in [4.69, 9.17) is 0 Å². The van der Waals surface area contributed by atoms with Gasteiger partial charge in [-0.3, -0.25) is 4.79 Å². The number of carbonyl (C=O) groups is 1. The van der Waals surface area contributed by atoms with Gasteiger partial charge in [-0.25, -0.2) is 9.50 Å². The third-order valence-corrected chi connectivity index (χ3v) is 5.77. The van der Waals surface area contributed by atoms with E-state index in [1.165, 1.54) is 4.88 Å². The van der Waals surface area contributed by atoms with Gasteiger partial charge in [-0.2, -0.15) is 4.98 Å². The lowest BCUT2D eigenvalue weighted by Crippen LogP contribution is -2.39. The topological polar surface area (TPSA) is 63.4 Å². The summed E-state index contributed by atoms with van der Waals surface area (Å²) < 4.78 is 1.63. The van der Waals surface area contributed by atoms with E-state index in [2.05, 4.69) is 33.4 Å². The first-order valence-corrected chi connectivity index (χ1v) is 10.5. The number of aryl methyl sites for hydroxylation is 2. The Hall–Kier alpha value is -3.06. The van der Waals surface area contributed by atoms with Crippen LogP contribution < -0.4 is 0 Å². The minimum Gasteiger partial charge on any atom is -0.328 e. The molecular weight excluding hydrogens is 382 g/mol. The fourth-order valence-corrected chi connectivity index (χ4v) is 4.25. The number of benzene rings is 1. The molecule has 0 aliphatic carbocycles. The van der Waals surface area contributed by atoms with Crippen molar-refractivity contribution < 1.29 is 4.79 Å². The lowest BCUT2D eigenvalue weighted by Gasteiger charge is -2.28. The number of rotatable bonds is 6. The lowest BCUT2D eigenvalue weighted by molar-refractivity contribution is 0.0663. The predicted octanol–water partition coefficient (Wildman–Crippen LogP) is 4.08. The normalized spacial score (nSPS) is 12.2. The van der Waals surface area contributed by atoms with E-state index in [0.29, 0.717) is 12.3 Å². The zero-order valence-electron chi connectivity index (χ0n) is 16.7. The van der Waals surface area contributed by atoms with Gasteiger partial charge in [-0.15, -0.1) is 16.4 Å². The number of nitrogens with zero attached hydrogens (tertiary/aromatic N) is 5. The van der Waals surface area contributed by atoms with E-state index in [1.54, 1.807) is 15.9 Å². The van der Waals surface area contributed by atoms with Crippen molar-refractivity contribution >= 4 is 23.0 Å². The SMILES string of the molecule is Cc1cc(C)n2nc(C(=O)N(Cc3ccccc3)C(C)Cc3cccs3)nc2n1. The molecule has 0 aliphatic heterocycles. The Morgan fingerprint density at radius 3 is 2.66 bits per heavy atom. The lowest BCUT2D eigenvalue weighted by atomic mass is 10.1. The molecule has 1 unspecified atom stereocenters. The van der Waals surface area contributed by atoms with Crippen LogP contribution in [-0.2, 0) is 13.0 Å². The first kappa shape index (κ1) is 19.3. The summed E-state index contributed by atoms with van der Waals surface area (Å²) >= 11 is 1.71. The maximum absolute atomic E-state index is 13.4. The molecule has 4 aromatic rings. The van der Waals surface area contributed by atoms with E-state index in [0.717, 1.165) is 23.4 Å². The van der Waals surface area contributed by atoms with Gasteiger partial charge in [0.1, 0.15) is 0 Å². The van der Waals surface area contributed by atoms with E-state index < -0.39 is 0 Å². The van der Waals surface area contributed by atoms with Crippen molar-refractivity contribution in [2.45, 2.75) is 39.8 Å². The molecule has 1 amide bonds. The third kappa shape index (κ3) is 4.19. The summed E-state index contributed by atoms with van der Waals surface area (Å²) in [7, 11) is 0. The molecule has 3 heterocycles. The smallest absolute Gasteiger partial charge is 0.294 e. The minimum absolute atomic E-state index is 0.00348. The predicted molar refractivity (Wildman–Crippen MR) is 114 cm³/mol. The molecule has 6 nitrogen and oxygen atoms in total. The van der Waals surface area contributed by atoms with Crippen LogP contribution in [0.5, 0.6) is 0 Å². The van der Waals surface area contributed by atoms with Gasteiger partial charge in [0.25, 0.3) is 11.7 Å². The molecular formula is C22H23N5OS. The number of amides is 1. The van der Waals surface area contributed by atoms with Crippen LogP contribution in [0.4, 0.5) is 0 Å². The number of fused-ring (bicyclic) bond motifs is 1. The Bertz CT molecular complexity index is 1120. The highest BCUT2D eigenvalue weighted by atomic mass is 32.1. The van der Waals surface area contributed by atoms with Crippen molar-refractivity contribution in [2.75, 3.05) is 0 Å². The Morgan fingerprint density at radius 1 is 1.14 bits per heavy atom. The Morgan fingerprint density at radius 2 is 1.93 bits per heavy atom. The van der Waals surface area contributed by atoms with Gasteiger partial charge in [0.05, 0.1) is 0 Å². The molecule has 0 bridgehead atoms. The molecule has 4 rings (SSSR count). The Labute approximate surface area is 173 Å². The zero-order valence-corrected chi connectivity index (χ0v) is 17.6. The molecule has 29 heavy (non-hydrogen) atoms. The zero-order chi connectivity index (χ0) is 20.4. The number of carbonyl (C=O) groups excluding carboxylic acids is 1. The third-order valence-electron chi connectivity index (χ3n) is 4.87. The van der Waals surface area contributed by atoms with Crippen LogP contribution in [-0.4, -0.2) is 36.4 Å². The molecule has 7 heteroatoms. The second-order valence-electron chi connectivity index (χ2n) is 7.24. The fraction of sp³-hybridized carbons (Fsp3) is 0.273. The fourth-order valence-electron chi connectivity index (χ4n) is 3.42. The van der Waals surface area contributed by atoms with Crippen molar-refractivity contribution in [3.05, 3.63) is 81.6 Å². The molecule has 0 N–H and O–H groups in total. The molecule has 0 saturated carbocycles. The quantitative estimate of drug-likeness (QED) is 0.485. The second kappa shape index (κ2) is 8.13. The molecule has 0 aliphatic rings. The average molecular weight is 406 g/mol. The van der Waals surface area contributed by atoms with Gasteiger partial charge >= 0.3 is 0 Å². The summed E-state index contributed by atoms with van der Waals surface area (Å²) in [6.45, 7) is 6.43. The number of thiophene rings is 1. The number of aromatic nitrogens is 4. The molecule has 3 aromatic heterocycles. The van der Waals surface area contributed by atoms with E-state index in [-0.39, 0.29) is 17.8 Å². The van der Waals surface area contributed by atoms with Crippen molar-refractivity contribution in [3.8, 4) is 0 Å². The van der Waals surface area contributed by atoms with Crippen molar-refractivity contribution in [2.24, 2.45) is 0 Å². The molecule has 1 atom stereocenters. The summed E-state index contributed by atoms with van der Waals surface area (Å²) in [5, 5.41) is 6.51. The highest BCUT2D eigenvalue weighted by Gasteiger charge is 2.26. The van der Waals surface area contributed by atoms with Gasteiger partial charge in [0.15, 0.2) is 0 Å². The highest BCUT2D eigenvalue weighted by Crippen LogP contribution is 2.18. The maximum atomic E-state index is 13.4. The van der Waals surface area contributed by atoms with Crippen LogP contribution >= 0.6 is 11.3 Å². The minimum atomic E-state index is -0.180. The van der Waals surface area contributed by atoms with E-state index in [9.17, 15) is 4.79 Å². The molecule has 1 aromatic carbocycles. The first-order chi connectivity index (χ1) is 14.0.